The highest BCUT2D eigenvalue weighted by Crippen LogP contribution is 2.42. The summed E-state index contributed by atoms with van der Waals surface area (Å²) >= 11 is 0. The van der Waals surface area contributed by atoms with Gasteiger partial charge >= 0.3 is 52.7 Å². The lowest BCUT2D eigenvalue weighted by Gasteiger charge is -2.39. The van der Waals surface area contributed by atoms with Gasteiger partial charge in [0.15, 0.2) is 0 Å². The Morgan fingerprint density at radius 2 is 0.893 bits per heavy atom. The number of piperidine rings is 5. The molecule has 3 aromatic rings. The molecule has 43 heteroatoms. The molecule has 0 spiro atoms. The molecule has 9 aliphatic rings. The van der Waals surface area contributed by atoms with Gasteiger partial charge in [-0.1, -0.05) is 53.4 Å². The minimum absolute atomic E-state index is 0.0361. The van der Waals surface area contributed by atoms with Crippen LogP contribution in [0, 0.1) is 5.92 Å². The Kier molecular flexibility index (Phi) is 34.0. The largest absolute Gasteiger partial charge is 0.724 e. The third-order valence-corrected chi connectivity index (χ3v) is 23.5. The van der Waals surface area contributed by atoms with Crippen LogP contribution in [0.1, 0.15) is 306 Å². The second kappa shape index (κ2) is 42.4. The van der Waals surface area contributed by atoms with E-state index in [0.717, 1.165) is 31.0 Å². The van der Waals surface area contributed by atoms with E-state index in [0.29, 0.717) is 131 Å². The molecule has 1 aliphatic carbocycles. The van der Waals surface area contributed by atoms with Crippen LogP contribution in [-0.4, -0.2) is 284 Å². The predicted octanol–water partition coefficient (Wildman–Crippen LogP) is 11.2. The first-order chi connectivity index (χ1) is 57.3. The fraction of sp³-hybridized carbons (Fsp3) is 0.835. The lowest BCUT2D eigenvalue weighted by atomic mass is 9.85. The summed E-state index contributed by atoms with van der Waals surface area (Å²) in [5, 5.41) is 43.3. The molecule has 11 heterocycles. The number of nitrogens with zero attached hydrogens (tertiary/aromatic N) is 16. The number of unbranched alkanes of at least 4 members (excludes halogenated alkanes) is 4. The monoisotopic (exact) mass is 1770 g/mol. The number of fused-ring (bicyclic) bond motifs is 6. The molecule has 9 fully saturated rings. The number of ether oxygens (including phenoxy) is 4. The number of carbonyl (C=O) groups is 7. The molecule has 0 unspecified atom stereocenters. The van der Waals surface area contributed by atoms with Crippen molar-refractivity contribution in [2.45, 2.75) is 348 Å². The highest BCUT2D eigenvalue weighted by molar-refractivity contribution is 7.81. The Bertz CT molecular complexity index is 4120. The van der Waals surface area contributed by atoms with E-state index in [9.17, 15) is 60.2 Å². The number of carbonyl (C=O) groups excluding carboxylic acids is 7. The van der Waals surface area contributed by atoms with Gasteiger partial charge in [-0.3, -0.25) is 24.4 Å². The van der Waals surface area contributed by atoms with Crippen LogP contribution in [0.25, 0.3) is 0 Å². The molecule has 6 bridgehead atoms. The molecule has 1 saturated carbocycles. The van der Waals surface area contributed by atoms with Gasteiger partial charge in [0.2, 0.25) is 45.7 Å². The van der Waals surface area contributed by atoms with Crippen molar-refractivity contribution < 1.29 is 110 Å². The van der Waals surface area contributed by atoms with Crippen LogP contribution in [0.3, 0.4) is 0 Å². The zero-order valence-electron chi connectivity index (χ0n) is 74.2. The Morgan fingerprint density at radius 3 is 1.30 bits per heavy atom. The molecule has 0 aromatic carbocycles. The number of hydrogen-bond donors (Lipinski definition) is 4. The topological polar surface area (TPSA) is 477 Å². The van der Waals surface area contributed by atoms with Crippen molar-refractivity contribution in [2.24, 2.45) is 5.92 Å². The molecule has 6 atom stereocenters. The van der Waals surface area contributed by atoms with Gasteiger partial charge in [0.25, 0.3) is 0 Å². The molecule has 3 aromatic heterocycles. The van der Waals surface area contributed by atoms with Crippen LogP contribution in [-0.2, 0) is 72.7 Å². The number of hydroxylamine groups is 6. The average molecular weight is 1770 g/mol. The van der Waals surface area contributed by atoms with Gasteiger partial charge in [-0.05, 0) is 212 Å². The van der Waals surface area contributed by atoms with Crippen LogP contribution >= 0.6 is 0 Å². The summed E-state index contributed by atoms with van der Waals surface area (Å²) in [6.45, 7) is 40.7. The fourth-order valence-electron chi connectivity index (χ4n) is 16.7. The summed E-state index contributed by atoms with van der Waals surface area (Å²) < 4.78 is 114. The molecule has 9 amide bonds. The molecule has 4 N–H and O–H groups in total. The SMILES string of the molecule is CC(C)(C)OC(=O)C1CCC(N(Cc2nnc([C@@H]3CC[C@@H]4CN3C(=O)N4OS(=O)(=O)[O-])o2)C(=O)OC(C)(C)C)CC1.CC(C)(C)OC(=O)N1CCC(N(Cc2nnc([C@@H]3CC[C@@H]4CN3C(=O)N4O)o2)C(=O)OC(C)(C)C)CC1.CCCC[N+](CCCC)(CCCC)CCCC.O=C1N2C[C@@H](CC[C@H]2c2nnc(CNC3CCNCC3)o2)N1OS(=O)(=O)O. The lowest BCUT2D eigenvalue weighted by Crippen LogP contribution is -2.50. The van der Waals surface area contributed by atoms with E-state index in [-0.39, 0.29) is 85.8 Å². The van der Waals surface area contributed by atoms with Gasteiger partial charge in [0.1, 0.15) is 53.6 Å². The van der Waals surface area contributed by atoms with Crippen molar-refractivity contribution in [3.05, 3.63) is 35.3 Å². The molecule has 0 radical (unpaired) electrons. The molecule has 12 rings (SSSR count). The zero-order valence-corrected chi connectivity index (χ0v) is 75.8. The summed E-state index contributed by atoms with van der Waals surface area (Å²) in [6.07, 6.45) is 18.0. The van der Waals surface area contributed by atoms with Gasteiger partial charge in [-0.15, -0.1) is 34.9 Å². The summed E-state index contributed by atoms with van der Waals surface area (Å²) in [6, 6.07) is -4.72. The number of amides is 9. The molecule has 8 saturated heterocycles. The van der Waals surface area contributed by atoms with Crippen molar-refractivity contribution in [3.8, 4) is 0 Å². The Hall–Kier alpha value is -7.91. The first kappa shape index (κ1) is 97.9. The Balaban J connectivity index is 0.000000193. The van der Waals surface area contributed by atoms with Crippen LogP contribution in [0.5, 0.6) is 0 Å². The first-order valence-corrected chi connectivity index (χ1v) is 46.2. The molecule has 122 heavy (non-hydrogen) atoms. The van der Waals surface area contributed by atoms with Gasteiger partial charge in [-0.2, -0.15) is 22.8 Å². The highest BCUT2D eigenvalue weighted by Gasteiger charge is 2.52. The van der Waals surface area contributed by atoms with E-state index in [1.54, 1.807) is 51.3 Å². The molecule has 690 valence electrons. The zero-order chi connectivity index (χ0) is 89.5. The number of esters is 1. The lowest BCUT2D eigenvalue weighted by molar-refractivity contribution is -0.929. The number of aromatic nitrogens is 6. The third-order valence-electron chi connectivity index (χ3n) is 22.8. The number of quaternary nitrogens is 1. The summed E-state index contributed by atoms with van der Waals surface area (Å²) in [4.78, 5) is 98.0. The Labute approximate surface area is 717 Å². The maximum atomic E-state index is 13.2. The van der Waals surface area contributed by atoms with E-state index < -0.39 is 104 Å². The number of likely N-dealkylation sites (tertiary alicyclic amines) is 1. The van der Waals surface area contributed by atoms with E-state index in [4.69, 9.17) is 36.8 Å². The minimum Gasteiger partial charge on any atom is -0.724 e. The van der Waals surface area contributed by atoms with Crippen molar-refractivity contribution in [3.63, 3.8) is 0 Å². The predicted molar refractivity (Wildman–Crippen MR) is 435 cm³/mol. The summed E-state index contributed by atoms with van der Waals surface area (Å²) in [5.41, 5.74) is -2.61. The van der Waals surface area contributed by atoms with Crippen LogP contribution < -0.4 is 10.6 Å². The number of nitrogens with one attached hydrogen (secondary N) is 2. The maximum absolute atomic E-state index is 13.2. The number of urea groups is 3. The van der Waals surface area contributed by atoms with Crippen molar-refractivity contribution in [2.75, 3.05) is 72.0 Å². The van der Waals surface area contributed by atoms with Crippen molar-refractivity contribution >= 4 is 63.1 Å². The number of rotatable bonds is 29. The molecule has 8 aliphatic heterocycles. The second-order valence-corrected chi connectivity index (χ2v) is 39.1. The molecule has 41 nitrogen and oxygen atoms in total. The molecular formula is C79H134N18O23S2. The summed E-state index contributed by atoms with van der Waals surface area (Å²) in [7, 11) is -9.88. The van der Waals surface area contributed by atoms with Crippen molar-refractivity contribution in [1.82, 2.24) is 85.8 Å². The molecular weight excluding hydrogens is 1630 g/mol. The minimum atomic E-state index is -5.12. The van der Waals surface area contributed by atoms with E-state index >= 15 is 0 Å². The van der Waals surface area contributed by atoms with Gasteiger partial charge in [0.05, 0.1) is 56.8 Å². The van der Waals surface area contributed by atoms with Crippen LogP contribution in [0.2, 0.25) is 0 Å². The van der Waals surface area contributed by atoms with Crippen molar-refractivity contribution in [1.29, 1.82) is 0 Å². The van der Waals surface area contributed by atoms with Gasteiger partial charge in [0, 0.05) is 50.8 Å². The fourth-order valence-corrected chi connectivity index (χ4v) is 17.5. The van der Waals surface area contributed by atoms with Crippen LogP contribution in [0.4, 0.5) is 28.8 Å². The normalized spacial score (nSPS) is 23.0. The maximum Gasteiger partial charge on any atom is 0.418 e. The van der Waals surface area contributed by atoms with Gasteiger partial charge < -0.3 is 71.5 Å². The number of hydrogen-bond acceptors (Lipinski definition) is 30. The highest BCUT2D eigenvalue weighted by atomic mass is 32.3. The quantitative estimate of drug-likeness (QED) is 0.0125. The smallest absolute Gasteiger partial charge is 0.418 e. The van der Waals surface area contributed by atoms with E-state index in [1.165, 1.54) is 102 Å². The second-order valence-electron chi connectivity index (χ2n) is 37.1. The summed E-state index contributed by atoms with van der Waals surface area (Å²) in [5.74, 6) is 1.02. The Morgan fingerprint density at radius 1 is 0.508 bits per heavy atom. The third kappa shape index (κ3) is 28.3. The van der Waals surface area contributed by atoms with Crippen LogP contribution in [0.15, 0.2) is 13.3 Å². The standard InChI is InChI=1S/C25H39N5O10S.C24H38N6O7.C16H36N.C14H22N6O6S/c1-24(2,3)38-21(31)15-7-9-16(10-8-15)28(23(33)39-25(4,5)6)14-19-26-27-20(37-19)18-12-11-17-13-29(18)22(32)30(17)40-41(34,35)36;1-23(2,3)36-21(32)27-11-9-15(10-12-27)28(22(33)37-24(4,5)6)14-18-25-26-19(35-18)17-8-7-16-13-29(17)20(31)30(16)34;1-5-9-13-17(14-10-6-2,15-11-7-3)16-12-8-4;21-14-19-8-10(20(14)26-27(22,23)24)1-2-11(19)13-18-17-12(25-13)7-16-9-3-5-15-6-4-9/h15-18H,7-14H2,1-6H3,(H,34,35,36);15-17,34H,7-14H2,1-6H3;5-16H2,1-4H3;9-11,15-16H,1-8H2,(H,22,23,24)/q;;+1;/p-1/t15?,16?,17-,18+;16-,17+;;10-,11+/m11.1/s1. The van der Waals surface area contributed by atoms with E-state index in [2.05, 4.69) is 77.5 Å². The van der Waals surface area contributed by atoms with E-state index in [1.807, 2.05) is 41.5 Å². The first-order valence-electron chi connectivity index (χ1n) is 43.5. The average Bonchev–Trinajstić information content (AvgIpc) is 1.61. The van der Waals surface area contributed by atoms with Gasteiger partial charge in [-0.25, -0.2) is 42.2 Å².